The van der Waals surface area contributed by atoms with Crippen molar-refractivity contribution in [3.63, 3.8) is 0 Å². The molecule has 0 aliphatic heterocycles. The molecule has 1 aliphatic carbocycles. The van der Waals surface area contributed by atoms with Gasteiger partial charge in [0.15, 0.2) is 0 Å². The minimum atomic E-state index is 0.538. The van der Waals surface area contributed by atoms with Crippen LogP contribution in [-0.2, 0) is 6.42 Å². The van der Waals surface area contributed by atoms with Gasteiger partial charge in [0.05, 0.1) is 0 Å². The summed E-state index contributed by atoms with van der Waals surface area (Å²) in [5.74, 6) is 3.39. The number of terminal acetylenes is 1. The van der Waals surface area contributed by atoms with E-state index in [-0.39, 0.29) is 0 Å². The van der Waals surface area contributed by atoms with E-state index in [4.69, 9.17) is 6.42 Å². The predicted molar refractivity (Wildman–Crippen MR) is 63.8 cm³/mol. The van der Waals surface area contributed by atoms with Crippen LogP contribution in [0.25, 0.3) is 0 Å². The molecule has 2 rings (SSSR count). The van der Waals surface area contributed by atoms with Gasteiger partial charge in [0.1, 0.15) is 0 Å². The first-order valence-corrected chi connectivity index (χ1v) is 5.55. The van der Waals surface area contributed by atoms with Gasteiger partial charge in [-0.05, 0) is 31.0 Å². The first kappa shape index (κ1) is 10.3. The summed E-state index contributed by atoms with van der Waals surface area (Å²) in [7, 11) is 2.03. The molecule has 2 unspecified atom stereocenters. The second-order valence-corrected chi connectivity index (χ2v) is 4.15. The van der Waals surface area contributed by atoms with Crippen LogP contribution in [0.4, 0.5) is 0 Å². The van der Waals surface area contributed by atoms with Crippen molar-refractivity contribution < 1.29 is 0 Å². The number of hydrogen-bond donors (Lipinski definition) is 1. The molecule has 78 valence electrons. The standard InChI is InChI=1S/C14H17N/c1-3-4-9-14(15-2)13-10-11-7-5-6-8-12(11)13/h1,5-8,13-15H,4,9-10H2,2H3. The maximum Gasteiger partial charge on any atom is 0.0145 e. The number of rotatable bonds is 4. The van der Waals surface area contributed by atoms with Crippen LogP contribution < -0.4 is 5.32 Å². The zero-order valence-electron chi connectivity index (χ0n) is 9.16. The lowest BCUT2D eigenvalue weighted by molar-refractivity contribution is 0.406. The van der Waals surface area contributed by atoms with Gasteiger partial charge in [-0.3, -0.25) is 0 Å². The highest BCUT2D eigenvalue weighted by molar-refractivity contribution is 5.41. The van der Waals surface area contributed by atoms with Crippen LogP contribution in [0.3, 0.4) is 0 Å². The highest BCUT2D eigenvalue weighted by atomic mass is 14.9. The molecule has 0 heterocycles. The Labute approximate surface area is 91.9 Å². The summed E-state index contributed by atoms with van der Waals surface area (Å²) < 4.78 is 0. The quantitative estimate of drug-likeness (QED) is 0.734. The molecule has 0 aromatic heterocycles. The van der Waals surface area contributed by atoms with Crippen molar-refractivity contribution in [3.8, 4) is 12.3 Å². The largest absolute Gasteiger partial charge is 0.316 e. The predicted octanol–water partition coefficient (Wildman–Crippen LogP) is 2.33. The van der Waals surface area contributed by atoms with Gasteiger partial charge in [0.25, 0.3) is 0 Å². The summed E-state index contributed by atoms with van der Waals surface area (Å²) in [5, 5.41) is 3.38. The molecule has 1 nitrogen and oxygen atoms in total. The number of nitrogens with one attached hydrogen (secondary N) is 1. The fourth-order valence-electron chi connectivity index (χ4n) is 2.44. The Kier molecular flexibility index (Phi) is 3.08. The van der Waals surface area contributed by atoms with Crippen molar-refractivity contribution in [2.24, 2.45) is 0 Å². The summed E-state index contributed by atoms with van der Waals surface area (Å²) >= 11 is 0. The first-order chi connectivity index (χ1) is 7.36. The third kappa shape index (κ3) is 1.91. The van der Waals surface area contributed by atoms with Gasteiger partial charge in [-0.2, -0.15) is 0 Å². The number of likely N-dealkylation sites (N-methyl/N-ethyl adjacent to an activating group) is 1. The minimum absolute atomic E-state index is 0.538. The van der Waals surface area contributed by atoms with Crippen molar-refractivity contribution in [1.29, 1.82) is 0 Å². The van der Waals surface area contributed by atoms with Gasteiger partial charge in [-0.25, -0.2) is 0 Å². The highest BCUT2D eigenvalue weighted by Crippen LogP contribution is 2.38. The van der Waals surface area contributed by atoms with Crippen LogP contribution in [0.1, 0.15) is 29.9 Å². The van der Waals surface area contributed by atoms with E-state index in [2.05, 4.69) is 35.5 Å². The molecule has 15 heavy (non-hydrogen) atoms. The molecule has 0 bridgehead atoms. The van der Waals surface area contributed by atoms with Gasteiger partial charge in [0, 0.05) is 18.4 Å². The fourth-order valence-corrected chi connectivity index (χ4v) is 2.44. The monoisotopic (exact) mass is 199 g/mol. The van der Waals surface area contributed by atoms with Crippen LogP contribution in [0, 0.1) is 12.3 Å². The zero-order valence-corrected chi connectivity index (χ0v) is 9.16. The maximum absolute atomic E-state index is 5.31. The number of benzene rings is 1. The third-order valence-electron chi connectivity index (χ3n) is 3.35. The average molecular weight is 199 g/mol. The van der Waals surface area contributed by atoms with Gasteiger partial charge >= 0.3 is 0 Å². The molecule has 0 spiro atoms. The Morgan fingerprint density at radius 1 is 1.53 bits per heavy atom. The fraction of sp³-hybridized carbons (Fsp3) is 0.429. The van der Waals surface area contributed by atoms with Gasteiger partial charge in [0.2, 0.25) is 0 Å². The van der Waals surface area contributed by atoms with E-state index in [1.54, 1.807) is 0 Å². The van der Waals surface area contributed by atoms with Crippen LogP contribution in [-0.4, -0.2) is 13.1 Å². The summed E-state index contributed by atoms with van der Waals surface area (Å²) in [6.45, 7) is 0. The van der Waals surface area contributed by atoms with Crippen LogP contribution in [0.15, 0.2) is 24.3 Å². The average Bonchev–Trinajstić information content (AvgIpc) is 2.24. The Balaban J connectivity index is 2.05. The topological polar surface area (TPSA) is 12.0 Å². The van der Waals surface area contributed by atoms with E-state index in [0.29, 0.717) is 12.0 Å². The highest BCUT2D eigenvalue weighted by Gasteiger charge is 2.31. The number of hydrogen-bond acceptors (Lipinski definition) is 1. The van der Waals surface area contributed by atoms with E-state index in [1.165, 1.54) is 17.5 Å². The second kappa shape index (κ2) is 4.51. The van der Waals surface area contributed by atoms with Gasteiger partial charge in [-0.15, -0.1) is 12.3 Å². The molecule has 1 aromatic rings. The molecular formula is C14H17N. The SMILES string of the molecule is C#CCCC(NC)C1Cc2ccccc21. The van der Waals surface area contributed by atoms with Gasteiger partial charge < -0.3 is 5.32 Å². The Hall–Kier alpha value is -1.26. The summed E-state index contributed by atoms with van der Waals surface area (Å²) in [6.07, 6.45) is 8.45. The summed E-state index contributed by atoms with van der Waals surface area (Å²) in [5.41, 5.74) is 3.01. The molecular weight excluding hydrogens is 182 g/mol. The zero-order chi connectivity index (χ0) is 10.7. The van der Waals surface area contributed by atoms with Crippen molar-refractivity contribution in [1.82, 2.24) is 5.32 Å². The Morgan fingerprint density at radius 2 is 2.33 bits per heavy atom. The van der Waals surface area contributed by atoms with E-state index < -0.39 is 0 Å². The molecule has 2 atom stereocenters. The molecule has 0 fully saturated rings. The molecule has 0 radical (unpaired) electrons. The molecule has 1 heteroatoms. The maximum atomic E-state index is 5.31. The van der Waals surface area contributed by atoms with E-state index in [1.807, 2.05) is 7.05 Å². The molecule has 1 aromatic carbocycles. The molecule has 0 amide bonds. The van der Waals surface area contributed by atoms with Crippen molar-refractivity contribution in [2.45, 2.75) is 31.2 Å². The molecule has 1 aliphatic rings. The van der Waals surface area contributed by atoms with Crippen molar-refractivity contribution >= 4 is 0 Å². The van der Waals surface area contributed by atoms with Crippen molar-refractivity contribution in [2.75, 3.05) is 7.05 Å². The number of fused-ring (bicyclic) bond motifs is 1. The van der Waals surface area contributed by atoms with E-state index in [9.17, 15) is 0 Å². The second-order valence-electron chi connectivity index (χ2n) is 4.15. The first-order valence-electron chi connectivity index (χ1n) is 5.55. The lowest BCUT2D eigenvalue weighted by atomic mass is 9.72. The van der Waals surface area contributed by atoms with Crippen LogP contribution >= 0.6 is 0 Å². The van der Waals surface area contributed by atoms with E-state index in [0.717, 1.165) is 12.8 Å². The van der Waals surface area contributed by atoms with Gasteiger partial charge in [-0.1, -0.05) is 24.3 Å². The lowest BCUT2D eigenvalue weighted by Crippen LogP contribution is -2.37. The minimum Gasteiger partial charge on any atom is -0.316 e. The summed E-state index contributed by atoms with van der Waals surface area (Å²) in [4.78, 5) is 0. The molecule has 1 N–H and O–H groups in total. The normalized spacial score (nSPS) is 19.9. The van der Waals surface area contributed by atoms with E-state index >= 15 is 0 Å². The lowest BCUT2D eigenvalue weighted by Gasteiger charge is -2.36. The third-order valence-corrected chi connectivity index (χ3v) is 3.35. The Bertz CT molecular complexity index is 375. The van der Waals surface area contributed by atoms with Crippen molar-refractivity contribution in [3.05, 3.63) is 35.4 Å². The summed E-state index contributed by atoms with van der Waals surface area (Å²) in [6, 6.07) is 9.24. The van der Waals surface area contributed by atoms with Crippen LogP contribution in [0.2, 0.25) is 0 Å². The Morgan fingerprint density at radius 3 is 3.00 bits per heavy atom. The molecule has 0 saturated heterocycles. The molecule has 0 saturated carbocycles. The van der Waals surface area contributed by atoms with Crippen LogP contribution in [0.5, 0.6) is 0 Å². The smallest absolute Gasteiger partial charge is 0.0145 e.